The van der Waals surface area contributed by atoms with Crippen LogP contribution in [-0.4, -0.2) is 34.0 Å². The predicted octanol–water partition coefficient (Wildman–Crippen LogP) is 3.44. The Hall–Kier alpha value is -1.86. The minimum Gasteiger partial charge on any atom is -0.460 e. The lowest BCUT2D eigenvalue weighted by atomic mass is 10.0. The number of thioether (sulfide) groups is 1. The molecule has 1 aromatic heterocycles. The molecule has 0 spiro atoms. The van der Waals surface area contributed by atoms with Gasteiger partial charge >= 0.3 is 11.6 Å². The van der Waals surface area contributed by atoms with E-state index >= 15 is 0 Å². The molecule has 1 fully saturated rings. The second-order valence-corrected chi connectivity index (χ2v) is 8.58. The van der Waals surface area contributed by atoms with Crippen LogP contribution in [0.1, 0.15) is 36.0 Å². The third-order valence-corrected chi connectivity index (χ3v) is 6.61. The molecular weight excluding hydrogens is 382 g/mol. The molecular formula is C20H21NO4S2. The van der Waals surface area contributed by atoms with Gasteiger partial charge in [0.2, 0.25) is 0 Å². The van der Waals surface area contributed by atoms with Crippen LogP contribution in [0.25, 0.3) is 11.0 Å². The van der Waals surface area contributed by atoms with Crippen LogP contribution in [0.5, 0.6) is 0 Å². The van der Waals surface area contributed by atoms with Gasteiger partial charge in [0.1, 0.15) is 16.5 Å². The van der Waals surface area contributed by atoms with Gasteiger partial charge in [0.15, 0.2) is 0 Å². The Morgan fingerprint density at radius 2 is 1.89 bits per heavy atom. The van der Waals surface area contributed by atoms with E-state index in [-0.39, 0.29) is 18.3 Å². The van der Waals surface area contributed by atoms with Crippen LogP contribution in [0.3, 0.4) is 0 Å². The number of carbonyl (C=O) groups excluding carboxylic acids is 1. The molecule has 0 radical (unpaired) electrons. The summed E-state index contributed by atoms with van der Waals surface area (Å²) in [4.78, 5) is 26.1. The average Bonchev–Trinajstić information content (AvgIpc) is 3.33. The molecule has 0 atom stereocenters. The average molecular weight is 404 g/mol. The van der Waals surface area contributed by atoms with Gasteiger partial charge in [-0.15, -0.1) is 0 Å². The van der Waals surface area contributed by atoms with Crippen molar-refractivity contribution in [1.29, 1.82) is 0 Å². The fourth-order valence-corrected chi connectivity index (χ4v) is 4.77. The zero-order valence-corrected chi connectivity index (χ0v) is 16.6. The van der Waals surface area contributed by atoms with E-state index in [0.717, 1.165) is 54.9 Å². The topological polar surface area (TPSA) is 59.8 Å². The fourth-order valence-electron chi connectivity index (χ4n) is 3.73. The number of thiocarbonyl (C=S) groups is 1. The number of fused-ring (bicyclic) bond motifs is 2. The highest BCUT2D eigenvalue weighted by molar-refractivity contribution is 8.23. The van der Waals surface area contributed by atoms with Crippen LogP contribution in [-0.2, 0) is 29.0 Å². The largest absolute Gasteiger partial charge is 0.460 e. The first-order valence-corrected chi connectivity index (χ1v) is 10.7. The zero-order valence-electron chi connectivity index (χ0n) is 15.0. The molecule has 2 heterocycles. The lowest BCUT2D eigenvalue weighted by Crippen LogP contribution is -2.24. The van der Waals surface area contributed by atoms with Crippen LogP contribution in [0.2, 0.25) is 0 Å². The van der Waals surface area contributed by atoms with Crippen molar-refractivity contribution in [2.75, 3.05) is 18.8 Å². The second-order valence-electron chi connectivity index (χ2n) is 6.97. The summed E-state index contributed by atoms with van der Waals surface area (Å²) in [6.07, 6.45) is 5.47. The van der Waals surface area contributed by atoms with Gasteiger partial charge in [0, 0.05) is 30.1 Å². The van der Waals surface area contributed by atoms with Crippen LogP contribution in [0.4, 0.5) is 0 Å². The standard InChI is InChI=1S/C20H21NO4S2/c22-18-10-15(16-8-13-4-3-5-14(13)9-17(16)25-18)11-24-19(23)12-27-20(26)21-6-1-2-7-21/h8-10H,1-7,11-12H2. The molecule has 27 heavy (non-hydrogen) atoms. The maximum absolute atomic E-state index is 12.1. The number of ether oxygens (including phenoxy) is 1. The molecule has 1 aliphatic carbocycles. The first-order chi connectivity index (χ1) is 13.1. The molecule has 0 bridgehead atoms. The molecule has 2 aromatic rings. The third-order valence-electron chi connectivity index (χ3n) is 5.11. The summed E-state index contributed by atoms with van der Waals surface area (Å²) in [5, 5.41) is 0.850. The SMILES string of the molecule is O=C(CSC(=S)N1CCCC1)OCc1cc(=O)oc2cc3c(cc12)CCC3. The van der Waals surface area contributed by atoms with E-state index in [1.54, 1.807) is 0 Å². The van der Waals surface area contributed by atoms with Crippen LogP contribution in [0, 0.1) is 0 Å². The number of likely N-dealkylation sites (tertiary alicyclic amines) is 1. The minimum atomic E-state index is -0.420. The molecule has 1 saturated heterocycles. The molecule has 1 aromatic carbocycles. The number of benzene rings is 1. The van der Waals surface area contributed by atoms with Gasteiger partial charge in [0.05, 0.1) is 5.75 Å². The number of hydrogen-bond donors (Lipinski definition) is 0. The Kier molecular flexibility index (Phi) is 5.50. The highest BCUT2D eigenvalue weighted by atomic mass is 32.2. The monoisotopic (exact) mass is 403 g/mol. The van der Waals surface area contributed by atoms with E-state index in [9.17, 15) is 9.59 Å². The first kappa shape index (κ1) is 18.5. The summed E-state index contributed by atoms with van der Waals surface area (Å²) in [5.41, 5.74) is 3.37. The normalized spacial score (nSPS) is 15.9. The van der Waals surface area contributed by atoms with E-state index < -0.39 is 5.63 Å². The molecule has 4 rings (SSSR count). The van der Waals surface area contributed by atoms with Gasteiger partial charge in [-0.3, -0.25) is 4.79 Å². The number of hydrogen-bond acceptors (Lipinski definition) is 6. The molecule has 142 valence electrons. The Labute approximate surface area is 167 Å². The Morgan fingerprint density at radius 3 is 2.67 bits per heavy atom. The predicted molar refractivity (Wildman–Crippen MR) is 110 cm³/mol. The quantitative estimate of drug-likeness (QED) is 0.440. The van der Waals surface area contributed by atoms with Gasteiger partial charge in [-0.25, -0.2) is 4.79 Å². The summed E-state index contributed by atoms with van der Waals surface area (Å²) < 4.78 is 11.5. The number of aryl methyl sites for hydroxylation is 2. The molecule has 0 unspecified atom stereocenters. The van der Waals surface area contributed by atoms with Crippen molar-refractivity contribution in [3.63, 3.8) is 0 Å². The fraction of sp³-hybridized carbons (Fsp3) is 0.450. The van der Waals surface area contributed by atoms with Crippen molar-refractivity contribution in [2.45, 2.75) is 38.7 Å². The Bertz CT molecular complexity index is 947. The van der Waals surface area contributed by atoms with E-state index in [2.05, 4.69) is 11.0 Å². The molecule has 7 heteroatoms. The molecule has 0 amide bonds. The summed E-state index contributed by atoms with van der Waals surface area (Å²) in [5.74, 6) is -0.145. The number of carbonyl (C=O) groups is 1. The van der Waals surface area contributed by atoms with Crippen molar-refractivity contribution >= 4 is 45.2 Å². The lowest BCUT2D eigenvalue weighted by molar-refractivity contribution is -0.141. The summed E-state index contributed by atoms with van der Waals surface area (Å²) in [7, 11) is 0. The van der Waals surface area contributed by atoms with E-state index in [4.69, 9.17) is 21.4 Å². The molecule has 2 aliphatic rings. The van der Waals surface area contributed by atoms with E-state index in [0.29, 0.717) is 11.1 Å². The van der Waals surface area contributed by atoms with Gasteiger partial charge in [-0.2, -0.15) is 0 Å². The number of rotatable bonds is 4. The highest BCUT2D eigenvalue weighted by Gasteiger charge is 2.18. The first-order valence-electron chi connectivity index (χ1n) is 9.26. The van der Waals surface area contributed by atoms with E-state index in [1.165, 1.54) is 29.0 Å². The highest BCUT2D eigenvalue weighted by Crippen LogP contribution is 2.28. The van der Waals surface area contributed by atoms with Crippen LogP contribution < -0.4 is 5.63 Å². The molecule has 0 N–H and O–H groups in total. The summed E-state index contributed by atoms with van der Waals surface area (Å²) in [6.45, 7) is 2.00. The number of esters is 1. The molecule has 0 saturated carbocycles. The van der Waals surface area contributed by atoms with Gasteiger partial charge in [0.25, 0.3) is 0 Å². The van der Waals surface area contributed by atoms with Crippen LogP contribution in [0.15, 0.2) is 27.4 Å². The summed E-state index contributed by atoms with van der Waals surface area (Å²) >= 11 is 6.71. The van der Waals surface area contributed by atoms with E-state index in [1.807, 2.05) is 6.07 Å². The van der Waals surface area contributed by atoms with Crippen molar-refractivity contribution in [1.82, 2.24) is 4.90 Å². The van der Waals surface area contributed by atoms with Crippen molar-refractivity contribution in [3.8, 4) is 0 Å². The van der Waals surface area contributed by atoms with Crippen molar-refractivity contribution in [3.05, 3.63) is 45.3 Å². The number of nitrogens with zero attached hydrogens (tertiary/aromatic N) is 1. The van der Waals surface area contributed by atoms with Gasteiger partial charge < -0.3 is 14.1 Å². The van der Waals surface area contributed by atoms with Crippen LogP contribution >= 0.6 is 24.0 Å². The second kappa shape index (κ2) is 8.02. The molecule has 5 nitrogen and oxygen atoms in total. The maximum Gasteiger partial charge on any atom is 0.336 e. The zero-order chi connectivity index (χ0) is 18.8. The van der Waals surface area contributed by atoms with Gasteiger partial charge in [-0.05, 0) is 55.4 Å². The van der Waals surface area contributed by atoms with Crippen molar-refractivity contribution < 1.29 is 13.9 Å². The third kappa shape index (κ3) is 4.19. The Morgan fingerprint density at radius 1 is 1.15 bits per heavy atom. The summed E-state index contributed by atoms with van der Waals surface area (Å²) in [6, 6.07) is 5.44. The molecule has 1 aliphatic heterocycles. The van der Waals surface area contributed by atoms with Crippen molar-refractivity contribution in [2.24, 2.45) is 0 Å². The Balaban J connectivity index is 1.41. The smallest absolute Gasteiger partial charge is 0.336 e. The van der Waals surface area contributed by atoms with Gasteiger partial charge in [-0.1, -0.05) is 24.0 Å². The minimum absolute atomic E-state index is 0.0662. The lowest BCUT2D eigenvalue weighted by Gasteiger charge is -2.17. The maximum atomic E-state index is 12.1.